The smallest absolute Gasteiger partial charge is 0.191 e. The molecule has 1 aromatic rings. The van der Waals surface area contributed by atoms with Crippen LogP contribution in [0.4, 0.5) is 8.78 Å². The molecule has 0 saturated heterocycles. The molecule has 0 radical (unpaired) electrons. The highest BCUT2D eigenvalue weighted by Crippen LogP contribution is 2.23. The van der Waals surface area contributed by atoms with Gasteiger partial charge in [-0.3, -0.25) is 4.79 Å². The fraction of sp³-hybridized carbons (Fsp3) is 0.462. The molecule has 0 fully saturated rings. The zero-order valence-corrected chi connectivity index (χ0v) is 10.8. The van der Waals surface area contributed by atoms with Gasteiger partial charge in [-0.2, -0.15) is 0 Å². The van der Waals surface area contributed by atoms with Gasteiger partial charge in [-0.05, 0) is 26.0 Å². The Labute approximate surface area is 110 Å². The number of rotatable bonds is 8. The van der Waals surface area contributed by atoms with Gasteiger partial charge < -0.3 is 14.2 Å². The Hall–Kier alpha value is -1.53. The van der Waals surface area contributed by atoms with Gasteiger partial charge >= 0.3 is 0 Å². The van der Waals surface area contributed by atoms with E-state index >= 15 is 0 Å². The first-order valence-electron chi connectivity index (χ1n) is 5.92. The number of ether oxygens (including phenoxy) is 3. The van der Waals surface area contributed by atoms with Gasteiger partial charge in [0, 0.05) is 18.8 Å². The number of hydrogen-bond donors (Lipinski definition) is 0. The molecule has 0 aliphatic carbocycles. The maximum atomic E-state index is 13.5. The summed E-state index contributed by atoms with van der Waals surface area (Å²) in [5.41, 5.74) is -0.0893. The van der Waals surface area contributed by atoms with E-state index in [9.17, 15) is 13.6 Å². The van der Waals surface area contributed by atoms with Gasteiger partial charge in [0.1, 0.15) is 12.9 Å². The van der Waals surface area contributed by atoms with Crippen molar-refractivity contribution >= 4 is 6.29 Å². The number of benzene rings is 1. The molecule has 0 N–H and O–H groups in total. The van der Waals surface area contributed by atoms with Crippen molar-refractivity contribution in [2.75, 3.05) is 19.8 Å². The van der Waals surface area contributed by atoms with Gasteiger partial charge in [-0.25, -0.2) is 8.78 Å². The Balaban J connectivity index is 2.73. The molecule has 1 rings (SSSR count). The molecule has 4 nitrogen and oxygen atoms in total. The van der Waals surface area contributed by atoms with Crippen molar-refractivity contribution in [1.82, 2.24) is 0 Å². The summed E-state index contributed by atoms with van der Waals surface area (Å²) >= 11 is 0. The van der Waals surface area contributed by atoms with Gasteiger partial charge in [0.25, 0.3) is 0 Å². The van der Waals surface area contributed by atoms with Crippen molar-refractivity contribution in [3.05, 3.63) is 29.3 Å². The van der Waals surface area contributed by atoms with Crippen LogP contribution in [-0.4, -0.2) is 32.4 Å². The van der Waals surface area contributed by atoms with Gasteiger partial charge in [0.05, 0.1) is 0 Å². The van der Waals surface area contributed by atoms with Crippen LogP contribution in [0.1, 0.15) is 24.2 Å². The summed E-state index contributed by atoms with van der Waals surface area (Å²) in [7, 11) is 0. The topological polar surface area (TPSA) is 44.8 Å². The van der Waals surface area contributed by atoms with E-state index in [0.717, 1.165) is 12.1 Å². The van der Waals surface area contributed by atoms with Crippen LogP contribution in [0, 0.1) is 11.6 Å². The Morgan fingerprint density at radius 3 is 2.11 bits per heavy atom. The van der Waals surface area contributed by atoms with E-state index in [2.05, 4.69) is 0 Å². The van der Waals surface area contributed by atoms with Crippen molar-refractivity contribution in [2.45, 2.75) is 20.1 Å². The average molecular weight is 274 g/mol. The minimum Gasteiger partial charge on any atom is -0.482 e. The predicted octanol–water partition coefficient (Wildman–Crippen LogP) is 2.56. The summed E-state index contributed by atoms with van der Waals surface area (Å²) in [6, 6.07) is 1.81. The quantitative estimate of drug-likeness (QED) is 0.540. The van der Waals surface area contributed by atoms with E-state index in [1.807, 2.05) is 0 Å². The molecule has 19 heavy (non-hydrogen) atoms. The van der Waals surface area contributed by atoms with E-state index in [1.165, 1.54) is 0 Å². The monoisotopic (exact) mass is 274 g/mol. The highest BCUT2D eigenvalue weighted by atomic mass is 19.1. The molecule has 1 aromatic carbocycles. The lowest BCUT2D eigenvalue weighted by Crippen LogP contribution is -2.25. The Kier molecular flexibility index (Phi) is 6.38. The van der Waals surface area contributed by atoms with Crippen molar-refractivity contribution in [1.29, 1.82) is 0 Å². The predicted molar refractivity (Wildman–Crippen MR) is 64.3 cm³/mol. The fourth-order valence-corrected chi connectivity index (χ4v) is 1.45. The van der Waals surface area contributed by atoms with Crippen LogP contribution in [0.2, 0.25) is 0 Å². The third kappa shape index (κ3) is 4.57. The SMILES string of the molecule is CCOC(COc1c(F)cc(C=O)cc1F)OCC. The minimum absolute atomic E-state index is 0.0893. The minimum atomic E-state index is -0.936. The molecular formula is C13H16F2O4. The molecule has 106 valence electrons. The molecule has 0 saturated carbocycles. The van der Waals surface area contributed by atoms with Gasteiger partial charge in [0.2, 0.25) is 0 Å². The normalized spacial score (nSPS) is 10.8. The van der Waals surface area contributed by atoms with Crippen LogP contribution in [0.3, 0.4) is 0 Å². The van der Waals surface area contributed by atoms with Crippen LogP contribution in [-0.2, 0) is 9.47 Å². The second kappa shape index (κ2) is 7.81. The van der Waals surface area contributed by atoms with Crippen molar-refractivity contribution in [3.63, 3.8) is 0 Å². The van der Waals surface area contributed by atoms with Crippen LogP contribution in [0.25, 0.3) is 0 Å². The summed E-state index contributed by atoms with van der Waals surface area (Å²) in [4.78, 5) is 10.4. The first-order chi connectivity index (χ1) is 9.12. The third-order valence-corrected chi connectivity index (χ3v) is 2.23. The fourth-order valence-electron chi connectivity index (χ4n) is 1.45. The van der Waals surface area contributed by atoms with E-state index in [0.29, 0.717) is 19.5 Å². The lowest BCUT2D eigenvalue weighted by molar-refractivity contribution is -0.152. The molecule has 0 heterocycles. The molecule has 0 aromatic heterocycles. The van der Waals surface area contributed by atoms with Gasteiger partial charge in [-0.1, -0.05) is 0 Å². The maximum absolute atomic E-state index is 13.5. The van der Waals surface area contributed by atoms with Gasteiger partial charge in [-0.15, -0.1) is 0 Å². The van der Waals surface area contributed by atoms with E-state index < -0.39 is 23.7 Å². The summed E-state index contributed by atoms with van der Waals surface area (Å²) in [6.45, 7) is 4.18. The van der Waals surface area contributed by atoms with E-state index in [-0.39, 0.29) is 12.2 Å². The van der Waals surface area contributed by atoms with Gasteiger partial charge in [0.15, 0.2) is 23.7 Å². The third-order valence-electron chi connectivity index (χ3n) is 2.23. The molecule has 0 aliphatic heterocycles. The van der Waals surface area contributed by atoms with E-state index in [4.69, 9.17) is 14.2 Å². The number of carbonyl (C=O) groups excluding carboxylic acids is 1. The van der Waals surface area contributed by atoms with Crippen LogP contribution >= 0.6 is 0 Å². The highest BCUT2D eigenvalue weighted by molar-refractivity contribution is 5.75. The van der Waals surface area contributed by atoms with Crippen LogP contribution in [0.5, 0.6) is 5.75 Å². The number of aldehydes is 1. The lowest BCUT2D eigenvalue weighted by atomic mass is 10.2. The number of halogens is 2. The second-order valence-electron chi connectivity index (χ2n) is 3.58. The first-order valence-corrected chi connectivity index (χ1v) is 5.92. The second-order valence-corrected chi connectivity index (χ2v) is 3.58. The number of carbonyl (C=O) groups is 1. The van der Waals surface area contributed by atoms with E-state index in [1.54, 1.807) is 13.8 Å². The summed E-state index contributed by atoms with van der Waals surface area (Å²) < 4.78 is 42.4. The van der Waals surface area contributed by atoms with Crippen molar-refractivity contribution < 1.29 is 27.8 Å². The maximum Gasteiger partial charge on any atom is 0.191 e. The molecule has 0 bridgehead atoms. The zero-order chi connectivity index (χ0) is 14.3. The number of hydrogen-bond acceptors (Lipinski definition) is 4. The summed E-state index contributed by atoms with van der Waals surface area (Å²) in [5.74, 6) is -2.42. The zero-order valence-electron chi connectivity index (χ0n) is 10.8. The Bertz CT molecular complexity index is 394. The molecule has 0 amide bonds. The first kappa shape index (κ1) is 15.5. The molecule has 0 spiro atoms. The standard InChI is InChI=1S/C13H16F2O4/c1-3-17-12(18-4-2)8-19-13-10(14)5-9(7-16)6-11(13)15/h5-7,12H,3-4,8H2,1-2H3. The summed E-state index contributed by atoms with van der Waals surface area (Å²) in [5, 5.41) is 0. The molecule has 0 unspecified atom stereocenters. The van der Waals surface area contributed by atoms with Crippen LogP contribution in [0.15, 0.2) is 12.1 Å². The molecule has 0 atom stereocenters. The van der Waals surface area contributed by atoms with Crippen molar-refractivity contribution in [2.24, 2.45) is 0 Å². The highest BCUT2D eigenvalue weighted by Gasteiger charge is 2.16. The largest absolute Gasteiger partial charge is 0.482 e. The summed E-state index contributed by atoms with van der Waals surface area (Å²) in [6.07, 6.45) is -0.335. The molecule has 0 aliphatic rings. The molecular weight excluding hydrogens is 258 g/mol. The van der Waals surface area contributed by atoms with Crippen molar-refractivity contribution in [3.8, 4) is 5.75 Å². The molecule has 6 heteroatoms. The average Bonchev–Trinajstić information content (AvgIpc) is 2.37. The van der Waals surface area contributed by atoms with Crippen LogP contribution < -0.4 is 4.74 Å². The Morgan fingerprint density at radius 2 is 1.68 bits per heavy atom. The lowest BCUT2D eigenvalue weighted by Gasteiger charge is -2.18. The Morgan fingerprint density at radius 1 is 1.16 bits per heavy atom.